The molecule has 1 aromatic carbocycles. The van der Waals surface area contributed by atoms with Crippen LogP contribution < -0.4 is 5.73 Å². The van der Waals surface area contributed by atoms with Gasteiger partial charge in [-0.2, -0.15) is 14.7 Å². The molecule has 2 saturated heterocycles. The highest BCUT2D eigenvalue weighted by Crippen LogP contribution is 2.45. The molecule has 0 spiro atoms. The number of fused-ring (bicyclic) bond motifs is 4. The molecule has 1 amide bonds. The molecule has 3 N–H and O–H groups in total. The Morgan fingerprint density at radius 3 is 2.53 bits per heavy atom. The number of aromatic nitrogens is 9. The first kappa shape index (κ1) is 27.4. The second kappa shape index (κ2) is 9.92. The fourth-order valence-electron chi connectivity index (χ4n) is 7.07. The number of piperidine rings is 1. The lowest BCUT2D eigenvalue weighted by Gasteiger charge is -2.38. The number of benzene rings is 1. The van der Waals surface area contributed by atoms with Gasteiger partial charge in [0.15, 0.2) is 15.5 Å². The molecule has 0 saturated carbocycles. The number of carbonyl (C=O) groups is 1. The molecule has 15 heteroatoms. The Hall–Kier alpha value is -5.18. The van der Waals surface area contributed by atoms with Crippen LogP contribution in [0.3, 0.4) is 0 Å². The number of nitrogens with one attached hydrogen (secondary N) is 1. The van der Waals surface area contributed by atoms with Gasteiger partial charge in [0, 0.05) is 65.8 Å². The summed E-state index contributed by atoms with van der Waals surface area (Å²) in [6.45, 7) is 0. The topological polar surface area (TPSA) is 183 Å². The fourth-order valence-corrected chi connectivity index (χ4v) is 8.13. The number of hydrogen-bond donors (Lipinski definition) is 2. The van der Waals surface area contributed by atoms with Crippen LogP contribution in [0.4, 0.5) is 5.82 Å². The molecule has 0 unspecified atom stereocenters. The molecule has 45 heavy (non-hydrogen) atoms. The number of sulfone groups is 1. The molecule has 2 bridgehead atoms. The number of H-pyrrole nitrogens is 1. The van der Waals surface area contributed by atoms with Crippen LogP contribution in [0.15, 0.2) is 60.1 Å². The van der Waals surface area contributed by atoms with Crippen molar-refractivity contribution in [2.24, 2.45) is 7.05 Å². The molecule has 3 atom stereocenters. The average Bonchev–Trinajstić information content (AvgIpc) is 3.81. The number of nitrogens with zero attached hydrogens (tertiary/aromatic N) is 9. The van der Waals surface area contributed by atoms with E-state index in [1.807, 2.05) is 42.4 Å². The van der Waals surface area contributed by atoms with E-state index in [1.165, 1.54) is 10.8 Å². The largest absolute Gasteiger partial charge is 0.382 e. The molecule has 2 aliphatic rings. The second-order valence-electron chi connectivity index (χ2n) is 11.9. The summed E-state index contributed by atoms with van der Waals surface area (Å²) in [5, 5.41) is 17.6. The van der Waals surface area contributed by atoms with Gasteiger partial charge < -0.3 is 15.6 Å². The summed E-state index contributed by atoms with van der Waals surface area (Å²) in [7, 11) is -1.87. The van der Waals surface area contributed by atoms with Crippen molar-refractivity contribution in [3.63, 3.8) is 0 Å². The first-order valence-corrected chi connectivity index (χ1v) is 16.5. The lowest BCUT2D eigenvalue weighted by molar-refractivity contribution is 0.0556. The van der Waals surface area contributed by atoms with Gasteiger partial charge in [0.25, 0.3) is 5.91 Å². The number of amides is 1. The summed E-state index contributed by atoms with van der Waals surface area (Å²) >= 11 is 0. The van der Waals surface area contributed by atoms with Gasteiger partial charge in [0.05, 0.1) is 23.1 Å². The summed E-state index contributed by atoms with van der Waals surface area (Å²) < 4.78 is 29.4. The maximum absolute atomic E-state index is 13.2. The molecule has 0 aliphatic carbocycles. The average molecular weight is 624 g/mol. The predicted octanol–water partition coefficient (Wildman–Crippen LogP) is 3.00. The number of aromatic amines is 1. The van der Waals surface area contributed by atoms with Crippen LogP contribution in [-0.4, -0.2) is 82.1 Å². The van der Waals surface area contributed by atoms with Crippen molar-refractivity contribution in [2.75, 3.05) is 12.0 Å². The van der Waals surface area contributed by atoms with E-state index in [0.29, 0.717) is 29.7 Å². The Bertz CT molecular complexity index is 2210. The second-order valence-corrected chi connectivity index (χ2v) is 13.8. The van der Waals surface area contributed by atoms with Crippen LogP contribution in [0, 0.1) is 0 Å². The molecule has 2 fully saturated rings. The molecule has 0 radical (unpaired) electrons. The van der Waals surface area contributed by atoms with Crippen molar-refractivity contribution >= 4 is 38.1 Å². The van der Waals surface area contributed by atoms with Gasteiger partial charge in [-0.25, -0.2) is 13.4 Å². The van der Waals surface area contributed by atoms with Crippen LogP contribution in [0.2, 0.25) is 0 Å². The fraction of sp³-hybridized carbons (Fsp3) is 0.300. The Morgan fingerprint density at radius 2 is 1.84 bits per heavy atom. The number of carbonyl (C=O) groups excluding carboxylic acids is 1. The van der Waals surface area contributed by atoms with Gasteiger partial charge in [-0.05, 0) is 43.9 Å². The third-order valence-corrected chi connectivity index (χ3v) is 10.2. The maximum atomic E-state index is 13.2. The van der Waals surface area contributed by atoms with Gasteiger partial charge in [-0.15, -0.1) is 10.2 Å². The van der Waals surface area contributed by atoms with Gasteiger partial charge >= 0.3 is 0 Å². The van der Waals surface area contributed by atoms with Crippen LogP contribution >= 0.6 is 0 Å². The van der Waals surface area contributed by atoms with Crippen molar-refractivity contribution in [2.45, 2.75) is 48.6 Å². The van der Waals surface area contributed by atoms with E-state index in [-0.39, 0.29) is 40.4 Å². The van der Waals surface area contributed by atoms with Gasteiger partial charge in [-0.1, -0.05) is 12.1 Å². The van der Waals surface area contributed by atoms with Crippen molar-refractivity contribution in [1.82, 2.24) is 49.4 Å². The van der Waals surface area contributed by atoms with Crippen molar-refractivity contribution in [3.8, 4) is 22.4 Å². The molecule has 8 rings (SSSR count). The Morgan fingerprint density at radius 1 is 1.07 bits per heavy atom. The number of nitrogen functional groups attached to an aromatic ring is 1. The van der Waals surface area contributed by atoms with Crippen LogP contribution in [0.1, 0.15) is 47.9 Å². The molecule has 2 aliphatic heterocycles. The SMILES string of the molecule is Cn1cc2cc(-c3ccc(-c4cnn5c(N)c(S(C)(=O)=O)c([C@H]6C[C@H]7CC[C@@H](C6)N7C(=O)c6nnc[nH]6)nc45)cn3)ccc2n1. The zero-order chi connectivity index (χ0) is 31.0. The summed E-state index contributed by atoms with van der Waals surface area (Å²) in [5.74, 6) is -0.194. The maximum Gasteiger partial charge on any atom is 0.292 e. The van der Waals surface area contributed by atoms with Crippen LogP contribution in [-0.2, 0) is 16.9 Å². The minimum Gasteiger partial charge on any atom is -0.382 e. The number of nitrogens with two attached hydrogens (primary N) is 1. The van der Waals surface area contributed by atoms with Gasteiger partial charge in [0.2, 0.25) is 5.82 Å². The first-order chi connectivity index (χ1) is 21.7. The summed E-state index contributed by atoms with van der Waals surface area (Å²) in [6.07, 6.45) is 10.6. The van der Waals surface area contributed by atoms with Crippen LogP contribution in [0.25, 0.3) is 38.9 Å². The predicted molar refractivity (Wildman–Crippen MR) is 165 cm³/mol. The number of anilines is 1. The van der Waals surface area contributed by atoms with E-state index in [0.717, 1.165) is 46.8 Å². The van der Waals surface area contributed by atoms with Crippen LogP contribution in [0.5, 0.6) is 0 Å². The molecule has 7 heterocycles. The van der Waals surface area contributed by atoms with Gasteiger partial charge in [-0.3, -0.25) is 14.5 Å². The quantitative estimate of drug-likeness (QED) is 0.289. The number of hydrogen-bond acceptors (Lipinski definition) is 10. The standard InChI is InChI=1S/C30H29N11O3S/c1-39-14-19-9-16(3-8-24(19)38-39)23-7-4-17(12-32-23)22-13-35-41-27(31)26(45(2,43)44)25(36-29(22)41)18-10-20-5-6-21(11-18)40(20)30(42)28-33-15-34-37-28/h3-4,7-9,12-15,18,20-21H,5-6,10-11,31H2,1-2H3,(H,33,34,37)/t18-,20+,21-. The van der Waals surface area contributed by atoms with E-state index >= 15 is 0 Å². The first-order valence-electron chi connectivity index (χ1n) is 14.6. The third kappa shape index (κ3) is 4.44. The minimum absolute atomic E-state index is 0.0108. The molecular formula is C30H29N11O3S. The van der Waals surface area contributed by atoms with E-state index in [2.05, 4.69) is 31.4 Å². The summed E-state index contributed by atoms with van der Waals surface area (Å²) in [6, 6.07) is 9.74. The Kier molecular flexibility index (Phi) is 6.03. The normalized spacial score (nSPS) is 20.0. The molecular weight excluding hydrogens is 594 g/mol. The molecule has 228 valence electrons. The highest BCUT2D eigenvalue weighted by atomic mass is 32.2. The number of rotatable bonds is 5. The van der Waals surface area contributed by atoms with Crippen molar-refractivity contribution in [1.29, 1.82) is 0 Å². The molecule has 14 nitrogen and oxygen atoms in total. The number of aryl methyl sites for hydroxylation is 1. The monoisotopic (exact) mass is 623 g/mol. The Labute approximate surface area is 257 Å². The van der Waals surface area contributed by atoms with Gasteiger partial charge in [0.1, 0.15) is 17.0 Å². The molecule has 6 aromatic rings. The summed E-state index contributed by atoms with van der Waals surface area (Å²) in [5.41, 5.74) is 11.6. The highest BCUT2D eigenvalue weighted by molar-refractivity contribution is 7.91. The lowest BCUT2D eigenvalue weighted by Crippen LogP contribution is -2.46. The Balaban J connectivity index is 1.17. The third-order valence-electron chi connectivity index (χ3n) is 9.00. The van der Waals surface area contributed by atoms with Crippen molar-refractivity contribution < 1.29 is 13.2 Å². The zero-order valence-electron chi connectivity index (χ0n) is 24.5. The minimum atomic E-state index is -3.76. The lowest BCUT2D eigenvalue weighted by atomic mass is 9.87. The smallest absolute Gasteiger partial charge is 0.292 e. The summed E-state index contributed by atoms with van der Waals surface area (Å²) in [4.78, 5) is 27.5. The van der Waals surface area contributed by atoms with Crippen molar-refractivity contribution in [3.05, 3.63) is 66.8 Å². The van der Waals surface area contributed by atoms with E-state index < -0.39 is 9.84 Å². The van der Waals surface area contributed by atoms with E-state index in [9.17, 15) is 13.2 Å². The molecule has 5 aromatic heterocycles. The zero-order valence-corrected chi connectivity index (χ0v) is 25.3. The number of pyridine rings is 1. The van der Waals surface area contributed by atoms with E-state index in [4.69, 9.17) is 15.7 Å². The highest BCUT2D eigenvalue weighted by Gasteiger charge is 2.46. The van der Waals surface area contributed by atoms with E-state index in [1.54, 1.807) is 17.1 Å².